The Morgan fingerprint density at radius 2 is 2.07 bits per heavy atom. The van der Waals surface area contributed by atoms with Gasteiger partial charge < -0.3 is 5.32 Å². The average Bonchev–Trinajstić information content (AvgIpc) is 3.17. The highest BCUT2D eigenvalue weighted by molar-refractivity contribution is 6.30. The van der Waals surface area contributed by atoms with Crippen LogP contribution in [0.5, 0.6) is 0 Å². The number of nitro groups is 1. The van der Waals surface area contributed by atoms with E-state index in [9.17, 15) is 14.9 Å². The molecule has 1 N–H and O–H groups in total. The first-order valence-corrected chi connectivity index (χ1v) is 8.92. The van der Waals surface area contributed by atoms with Crippen molar-refractivity contribution in [2.24, 2.45) is 0 Å². The van der Waals surface area contributed by atoms with E-state index >= 15 is 0 Å². The molecule has 0 saturated heterocycles. The van der Waals surface area contributed by atoms with Crippen molar-refractivity contribution in [3.63, 3.8) is 0 Å². The third kappa shape index (κ3) is 4.20. The number of aromatic nitrogens is 4. The van der Waals surface area contributed by atoms with Gasteiger partial charge in [-0.25, -0.2) is 0 Å². The van der Waals surface area contributed by atoms with Crippen LogP contribution in [0.15, 0.2) is 36.5 Å². The number of carbonyl (C=O) groups is 1. The van der Waals surface area contributed by atoms with Crippen molar-refractivity contribution < 1.29 is 9.72 Å². The fraction of sp³-hybridized carbons (Fsp3) is 0.278. The SMILES string of the molecule is Cc1nn(C(C)C(=O)Nc2cc(C)n(Cc3cccc(Cl)c3)n2)cc1[N+](=O)[O-]. The predicted molar refractivity (Wildman–Crippen MR) is 104 cm³/mol. The molecule has 1 unspecified atom stereocenters. The lowest BCUT2D eigenvalue weighted by Gasteiger charge is -2.10. The summed E-state index contributed by atoms with van der Waals surface area (Å²) in [7, 11) is 0. The summed E-state index contributed by atoms with van der Waals surface area (Å²) in [5.74, 6) is 0.0274. The Hall–Kier alpha value is -3.20. The van der Waals surface area contributed by atoms with Gasteiger partial charge in [0.25, 0.3) is 0 Å². The number of benzene rings is 1. The molecule has 0 aliphatic rings. The second-order valence-electron chi connectivity index (χ2n) is 6.46. The maximum atomic E-state index is 12.5. The third-order valence-corrected chi connectivity index (χ3v) is 4.55. The van der Waals surface area contributed by atoms with E-state index in [0.717, 1.165) is 11.3 Å². The highest BCUT2D eigenvalue weighted by atomic mass is 35.5. The minimum atomic E-state index is -0.731. The van der Waals surface area contributed by atoms with E-state index in [0.29, 0.717) is 17.4 Å². The van der Waals surface area contributed by atoms with Crippen LogP contribution in [0.25, 0.3) is 0 Å². The number of nitrogens with zero attached hydrogens (tertiary/aromatic N) is 5. The van der Waals surface area contributed by atoms with Gasteiger partial charge in [-0.05, 0) is 38.5 Å². The van der Waals surface area contributed by atoms with Gasteiger partial charge in [-0.2, -0.15) is 10.2 Å². The number of carbonyl (C=O) groups excluding carboxylic acids is 1. The largest absolute Gasteiger partial charge is 0.309 e. The lowest BCUT2D eigenvalue weighted by Crippen LogP contribution is -2.24. The Morgan fingerprint density at radius 1 is 1.32 bits per heavy atom. The molecule has 0 saturated carbocycles. The predicted octanol–water partition coefficient (Wildman–Crippen LogP) is 3.51. The second kappa shape index (κ2) is 7.81. The Labute approximate surface area is 166 Å². The van der Waals surface area contributed by atoms with Crippen molar-refractivity contribution in [2.45, 2.75) is 33.4 Å². The number of rotatable bonds is 6. The molecule has 0 radical (unpaired) electrons. The summed E-state index contributed by atoms with van der Waals surface area (Å²) < 4.78 is 3.04. The van der Waals surface area contributed by atoms with E-state index in [1.54, 1.807) is 23.7 Å². The quantitative estimate of drug-likeness (QED) is 0.501. The molecule has 1 aromatic carbocycles. The van der Waals surface area contributed by atoms with Gasteiger partial charge in [0, 0.05) is 16.8 Å². The van der Waals surface area contributed by atoms with E-state index in [2.05, 4.69) is 15.5 Å². The van der Waals surface area contributed by atoms with Crippen molar-refractivity contribution in [1.82, 2.24) is 19.6 Å². The number of hydrogen-bond acceptors (Lipinski definition) is 5. The molecule has 28 heavy (non-hydrogen) atoms. The van der Waals surface area contributed by atoms with Gasteiger partial charge in [0.1, 0.15) is 17.9 Å². The zero-order valence-electron chi connectivity index (χ0n) is 15.6. The number of amides is 1. The zero-order valence-corrected chi connectivity index (χ0v) is 16.3. The molecule has 3 aromatic rings. The number of aryl methyl sites for hydroxylation is 2. The summed E-state index contributed by atoms with van der Waals surface area (Å²) in [6.45, 7) is 5.54. The Morgan fingerprint density at radius 3 is 2.71 bits per heavy atom. The van der Waals surface area contributed by atoms with Crippen molar-refractivity contribution in [2.75, 3.05) is 5.32 Å². The first-order valence-electron chi connectivity index (χ1n) is 8.54. The maximum absolute atomic E-state index is 12.5. The standard InChI is InChI=1S/C18H19ClN6O3/c1-11-7-17(22-23(11)9-14-5-4-6-15(19)8-14)20-18(26)13(3)24-10-16(25(27)28)12(2)21-24/h4-8,10,13H,9H2,1-3H3,(H,20,22,26). The van der Waals surface area contributed by atoms with Crippen molar-refractivity contribution in [3.05, 3.63) is 68.6 Å². The van der Waals surface area contributed by atoms with Crippen molar-refractivity contribution >= 4 is 29.0 Å². The molecule has 0 aliphatic heterocycles. The van der Waals surface area contributed by atoms with Gasteiger partial charge in [-0.1, -0.05) is 23.7 Å². The van der Waals surface area contributed by atoms with Crippen LogP contribution in [0.4, 0.5) is 11.5 Å². The average molecular weight is 403 g/mol. The smallest absolute Gasteiger partial charge is 0.307 e. The Balaban J connectivity index is 1.72. The van der Waals surface area contributed by atoms with E-state index in [1.165, 1.54) is 17.8 Å². The normalized spacial score (nSPS) is 12.0. The third-order valence-electron chi connectivity index (χ3n) is 4.32. The minimum absolute atomic E-state index is 0.124. The van der Waals surface area contributed by atoms with Gasteiger partial charge in [0.05, 0.1) is 11.5 Å². The van der Waals surface area contributed by atoms with E-state index < -0.39 is 11.0 Å². The van der Waals surface area contributed by atoms with Crippen LogP contribution in [-0.2, 0) is 11.3 Å². The second-order valence-corrected chi connectivity index (χ2v) is 6.90. The van der Waals surface area contributed by atoms with Gasteiger partial charge >= 0.3 is 5.69 Å². The molecule has 1 atom stereocenters. The Bertz CT molecular complexity index is 1040. The first-order chi connectivity index (χ1) is 13.2. The molecule has 0 spiro atoms. The number of anilines is 1. The molecule has 0 aliphatic carbocycles. The van der Waals surface area contributed by atoms with E-state index in [-0.39, 0.29) is 17.3 Å². The highest BCUT2D eigenvalue weighted by Crippen LogP contribution is 2.20. The zero-order chi connectivity index (χ0) is 20.4. The monoisotopic (exact) mass is 402 g/mol. The molecule has 0 bridgehead atoms. The fourth-order valence-electron chi connectivity index (χ4n) is 2.74. The molecular weight excluding hydrogens is 384 g/mol. The van der Waals surface area contributed by atoms with Crippen LogP contribution in [-0.4, -0.2) is 30.4 Å². The van der Waals surface area contributed by atoms with Crippen LogP contribution >= 0.6 is 11.6 Å². The summed E-state index contributed by atoms with van der Waals surface area (Å²) in [5.41, 5.74) is 1.99. The molecule has 146 valence electrons. The molecule has 3 rings (SSSR count). The fourth-order valence-corrected chi connectivity index (χ4v) is 2.95. The van der Waals surface area contributed by atoms with Gasteiger partial charge in [-0.15, -0.1) is 0 Å². The van der Waals surface area contributed by atoms with Crippen molar-refractivity contribution in [1.29, 1.82) is 0 Å². The van der Waals surface area contributed by atoms with Crippen LogP contribution < -0.4 is 5.32 Å². The number of nitrogens with one attached hydrogen (secondary N) is 1. The van der Waals surface area contributed by atoms with Crippen LogP contribution in [0, 0.1) is 24.0 Å². The molecule has 0 fully saturated rings. The van der Waals surface area contributed by atoms with Crippen LogP contribution in [0.3, 0.4) is 0 Å². The summed E-state index contributed by atoms with van der Waals surface area (Å²) >= 11 is 6.01. The van der Waals surface area contributed by atoms with Crippen molar-refractivity contribution in [3.8, 4) is 0 Å². The molecule has 10 heteroatoms. The summed E-state index contributed by atoms with van der Waals surface area (Å²) in [4.78, 5) is 23.0. The maximum Gasteiger partial charge on any atom is 0.309 e. The minimum Gasteiger partial charge on any atom is -0.307 e. The van der Waals surface area contributed by atoms with Crippen LogP contribution in [0.2, 0.25) is 5.02 Å². The highest BCUT2D eigenvalue weighted by Gasteiger charge is 2.23. The van der Waals surface area contributed by atoms with Gasteiger partial charge in [-0.3, -0.25) is 24.3 Å². The summed E-state index contributed by atoms with van der Waals surface area (Å²) in [6, 6.07) is 8.50. The number of halogens is 1. The molecule has 1 amide bonds. The Kier molecular flexibility index (Phi) is 5.46. The van der Waals surface area contributed by atoms with Crippen LogP contribution in [0.1, 0.15) is 29.9 Å². The number of hydrogen-bond donors (Lipinski definition) is 1. The van der Waals surface area contributed by atoms with E-state index in [4.69, 9.17) is 11.6 Å². The molecular formula is C18H19ClN6O3. The first kappa shape index (κ1) is 19.6. The topological polar surface area (TPSA) is 108 Å². The molecule has 2 heterocycles. The van der Waals surface area contributed by atoms with E-state index in [1.807, 2.05) is 25.1 Å². The lowest BCUT2D eigenvalue weighted by molar-refractivity contribution is -0.385. The lowest BCUT2D eigenvalue weighted by atomic mass is 10.2. The van der Waals surface area contributed by atoms with Gasteiger partial charge in [0.2, 0.25) is 5.91 Å². The summed E-state index contributed by atoms with van der Waals surface area (Å²) in [6.07, 6.45) is 1.25. The molecule has 9 nitrogen and oxygen atoms in total. The van der Waals surface area contributed by atoms with Gasteiger partial charge in [0.15, 0.2) is 5.82 Å². The molecule has 2 aromatic heterocycles. The summed E-state index contributed by atoms with van der Waals surface area (Å²) in [5, 5.41) is 22.8.